The van der Waals surface area contributed by atoms with Gasteiger partial charge in [0, 0.05) is 12.3 Å². The molecule has 0 atom stereocenters. The molecule has 2 heterocycles. The average molecular weight is 436 g/mol. The van der Waals surface area contributed by atoms with Gasteiger partial charge in [0.05, 0.1) is 36.7 Å². The van der Waals surface area contributed by atoms with Crippen molar-refractivity contribution in [2.24, 2.45) is 0 Å². The molecule has 0 radical (unpaired) electrons. The number of aromatic nitrogens is 2. The van der Waals surface area contributed by atoms with Crippen molar-refractivity contribution in [2.45, 2.75) is 6.54 Å². The Morgan fingerprint density at radius 2 is 1.77 bits per heavy atom. The highest BCUT2D eigenvalue weighted by molar-refractivity contribution is 7.22. The van der Waals surface area contributed by atoms with E-state index < -0.39 is 0 Å². The lowest BCUT2D eigenvalue weighted by Gasteiger charge is -2.19. The van der Waals surface area contributed by atoms with Gasteiger partial charge in [-0.25, -0.2) is 4.98 Å². The quantitative estimate of drug-likeness (QED) is 0.410. The predicted octanol–water partition coefficient (Wildman–Crippen LogP) is 4.32. The molecule has 31 heavy (non-hydrogen) atoms. The van der Waals surface area contributed by atoms with E-state index in [1.54, 1.807) is 37.4 Å². The van der Waals surface area contributed by atoms with Gasteiger partial charge in [0.2, 0.25) is 0 Å². The highest BCUT2D eigenvalue weighted by atomic mass is 32.1. The molecule has 0 bridgehead atoms. The first kappa shape index (κ1) is 20.6. The molecule has 0 unspecified atom stereocenters. The van der Waals surface area contributed by atoms with E-state index in [9.17, 15) is 4.79 Å². The minimum absolute atomic E-state index is 0.140. The molecule has 158 valence electrons. The Morgan fingerprint density at radius 3 is 2.55 bits per heavy atom. The number of hydrogen-bond donors (Lipinski definition) is 0. The third kappa shape index (κ3) is 4.92. The van der Waals surface area contributed by atoms with E-state index >= 15 is 0 Å². The smallest absolute Gasteiger partial charge is 0.267 e. The topological polar surface area (TPSA) is 73.8 Å². The number of thiazole rings is 1. The number of benzene rings is 2. The van der Waals surface area contributed by atoms with Crippen LogP contribution in [0.15, 0.2) is 66.9 Å². The second-order valence-corrected chi connectivity index (χ2v) is 7.61. The standard InChI is InChI=1S/C23H21N3O4S/c1-28-17-7-5-8-19(12-17)30-15-22(27)26(14-16-6-3-4-11-24-16)23-25-20-10-9-18(29-2)13-21(20)31-23/h3-13H,14-15H2,1-2H3. The molecule has 2 aromatic heterocycles. The van der Waals surface area contributed by atoms with Crippen LogP contribution in [0.5, 0.6) is 17.2 Å². The number of rotatable bonds is 8. The first-order valence-electron chi connectivity index (χ1n) is 9.58. The highest BCUT2D eigenvalue weighted by Crippen LogP contribution is 2.32. The number of ether oxygens (including phenoxy) is 3. The van der Waals surface area contributed by atoms with Crippen LogP contribution in [0.2, 0.25) is 0 Å². The summed E-state index contributed by atoms with van der Waals surface area (Å²) in [6.45, 7) is 0.150. The van der Waals surface area contributed by atoms with Gasteiger partial charge in [-0.2, -0.15) is 0 Å². The Bertz CT molecular complexity index is 1180. The van der Waals surface area contributed by atoms with Crippen LogP contribution in [0.4, 0.5) is 5.13 Å². The Morgan fingerprint density at radius 1 is 0.968 bits per heavy atom. The number of fused-ring (bicyclic) bond motifs is 1. The number of pyridine rings is 1. The zero-order valence-electron chi connectivity index (χ0n) is 17.1. The average Bonchev–Trinajstić information content (AvgIpc) is 3.24. The molecule has 0 N–H and O–H groups in total. The van der Waals surface area contributed by atoms with Gasteiger partial charge in [-0.1, -0.05) is 23.5 Å². The molecule has 0 saturated heterocycles. The van der Waals surface area contributed by atoms with Crippen molar-refractivity contribution in [3.05, 3.63) is 72.6 Å². The number of carbonyl (C=O) groups is 1. The van der Waals surface area contributed by atoms with Crippen molar-refractivity contribution in [2.75, 3.05) is 25.7 Å². The van der Waals surface area contributed by atoms with Crippen molar-refractivity contribution in [1.29, 1.82) is 0 Å². The van der Waals surface area contributed by atoms with Crippen molar-refractivity contribution in [3.8, 4) is 17.2 Å². The van der Waals surface area contributed by atoms with Gasteiger partial charge in [-0.05, 0) is 42.5 Å². The summed E-state index contributed by atoms with van der Waals surface area (Å²) in [4.78, 5) is 23.8. The largest absolute Gasteiger partial charge is 0.497 e. The number of anilines is 1. The van der Waals surface area contributed by atoms with Crippen molar-refractivity contribution < 1.29 is 19.0 Å². The molecule has 0 aliphatic rings. The second-order valence-electron chi connectivity index (χ2n) is 6.60. The molecule has 4 aromatic rings. The van der Waals surface area contributed by atoms with Crippen molar-refractivity contribution in [3.63, 3.8) is 0 Å². The summed E-state index contributed by atoms with van der Waals surface area (Å²) in [6, 6.07) is 18.4. The number of methoxy groups -OCH3 is 2. The molecule has 1 amide bonds. The second kappa shape index (κ2) is 9.44. The lowest BCUT2D eigenvalue weighted by molar-refractivity contribution is -0.120. The fourth-order valence-corrected chi connectivity index (χ4v) is 3.98. The van der Waals surface area contributed by atoms with Crippen LogP contribution in [0.3, 0.4) is 0 Å². The van der Waals surface area contributed by atoms with Gasteiger partial charge in [-0.3, -0.25) is 14.7 Å². The highest BCUT2D eigenvalue weighted by Gasteiger charge is 2.21. The lowest BCUT2D eigenvalue weighted by Crippen LogP contribution is -2.34. The molecule has 0 fully saturated rings. The first-order chi connectivity index (χ1) is 15.2. The monoisotopic (exact) mass is 435 g/mol. The molecule has 0 aliphatic heterocycles. The third-order valence-electron chi connectivity index (χ3n) is 4.57. The number of nitrogens with zero attached hydrogens (tertiary/aromatic N) is 3. The number of carbonyl (C=O) groups excluding carboxylic acids is 1. The van der Waals surface area contributed by atoms with E-state index in [1.165, 1.54) is 11.3 Å². The molecule has 4 rings (SSSR count). The maximum atomic E-state index is 13.2. The van der Waals surface area contributed by atoms with Crippen LogP contribution in [0.1, 0.15) is 5.69 Å². The third-order valence-corrected chi connectivity index (χ3v) is 5.61. The Labute approximate surface area is 183 Å². The normalized spacial score (nSPS) is 10.6. The SMILES string of the molecule is COc1cccc(OCC(=O)N(Cc2ccccn2)c2nc3ccc(OC)cc3s2)c1. The minimum atomic E-state index is -0.223. The van der Waals surface area contributed by atoms with Gasteiger partial charge < -0.3 is 14.2 Å². The zero-order valence-corrected chi connectivity index (χ0v) is 18.0. The maximum absolute atomic E-state index is 13.2. The molecule has 7 nitrogen and oxygen atoms in total. The van der Waals surface area contributed by atoms with Gasteiger partial charge in [-0.15, -0.1) is 0 Å². The zero-order chi connectivity index (χ0) is 21.6. The summed E-state index contributed by atoms with van der Waals surface area (Å²) in [5.41, 5.74) is 1.56. The molecule has 0 aliphatic carbocycles. The van der Waals surface area contributed by atoms with Gasteiger partial charge in [0.25, 0.3) is 5.91 Å². The van der Waals surface area contributed by atoms with Gasteiger partial charge in [0.1, 0.15) is 17.2 Å². The molecule has 2 aromatic carbocycles. The molecule has 8 heteroatoms. The maximum Gasteiger partial charge on any atom is 0.267 e. The summed E-state index contributed by atoms with van der Waals surface area (Å²) in [5.74, 6) is 1.74. The van der Waals surface area contributed by atoms with E-state index in [-0.39, 0.29) is 19.1 Å². The van der Waals surface area contributed by atoms with Crippen LogP contribution in [-0.4, -0.2) is 36.7 Å². The van der Waals surface area contributed by atoms with E-state index in [0.29, 0.717) is 16.6 Å². The summed E-state index contributed by atoms with van der Waals surface area (Å²) in [5, 5.41) is 0.577. The fraction of sp³-hybridized carbons (Fsp3) is 0.174. The van der Waals surface area contributed by atoms with Crippen molar-refractivity contribution >= 4 is 32.6 Å². The van der Waals surface area contributed by atoms with Gasteiger partial charge >= 0.3 is 0 Å². The Kier molecular flexibility index (Phi) is 6.28. The molecular formula is C23H21N3O4S. The first-order valence-corrected chi connectivity index (χ1v) is 10.4. The van der Waals surface area contributed by atoms with E-state index in [0.717, 1.165) is 21.7 Å². The fourth-order valence-electron chi connectivity index (χ4n) is 2.97. The summed E-state index contributed by atoms with van der Waals surface area (Å²) in [6.07, 6.45) is 1.70. The van der Waals surface area contributed by atoms with E-state index in [1.807, 2.05) is 48.5 Å². The summed E-state index contributed by atoms with van der Waals surface area (Å²) in [7, 11) is 3.21. The van der Waals surface area contributed by atoms with E-state index in [4.69, 9.17) is 14.2 Å². The van der Waals surface area contributed by atoms with Crippen LogP contribution in [-0.2, 0) is 11.3 Å². The number of amides is 1. The summed E-state index contributed by atoms with van der Waals surface area (Å²) < 4.78 is 17.2. The van der Waals surface area contributed by atoms with Crippen LogP contribution in [0.25, 0.3) is 10.2 Å². The van der Waals surface area contributed by atoms with Crippen LogP contribution in [0, 0.1) is 0 Å². The van der Waals surface area contributed by atoms with Crippen LogP contribution >= 0.6 is 11.3 Å². The molecule has 0 spiro atoms. The lowest BCUT2D eigenvalue weighted by atomic mass is 10.3. The number of hydrogen-bond acceptors (Lipinski definition) is 7. The predicted molar refractivity (Wildman–Crippen MR) is 120 cm³/mol. The Balaban J connectivity index is 1.59. The Hall–Kier alpha value is -3.65. The minimum Gasteiger partial charge on any atom is -0.497 e. The van der Waals surface area contributed by atoms with Gasteiger partial charge in [0.15, 0.2) is 11.7 Å². The van der Waals surface area contributed by atoms with E-state index in [2.05, 4.69) is 9.97 Å². The van der Waals surface area contributed by atoms with Crippen LogP contribution < -0.4 is 19.1 Å². The molecular weight excluding hydrogens is 414 g/mol. The summed E-state index contributed by atoms with van der Waals surface area (Å²) >= 11 is 1.42. The molecule has 0 saturated carbocycles. The van der Waals surface area contributed by atoms with Crippen molar-refractivity contribution in [1.82, 2.24) is 9.97 Å².